The second kappa shape index (κ2) is 6.53. The van der Waals surface area contributed by atoms with Gasteiger partial charge in [-0.2, -0.15) is 0 Å². The quantitative estimate of drug-likeness (QED) is 0.810. The Kier molecular flexibility index (Phi) is 5.31. The Morgan fingerprint density at radius 1 is 1.16 bits per heavy atom. The van der Waals surface area contributed by atoms with Gasteiger partial charge in [0, 0.05) is 10.0 Å². The maximum atomic E-state index is 12.1. The molecule has 4 N–H and O–H groups in total. The number of nitrogens with zero attached hydrogens (tertiary/aromatic N) is 1. The average molecular weight is 349 g/mol. The molecule has 1 aromatic rings. The van der Waals surface area contributed by atoms with Gasteiger partial charge in [-0.3, -0.25) is 14.4 Å². The van der Waals surface area contributed by atoms with Gasteiger partial charge in [-0.05, 0) is 34.1 Å². The molecule has 8 heteroatoms. The fraction of sp³-hybridized carbons (Fsp3) is 0.182. The van der Waals surface area contributed by atoms with Crippen molar-refractivity contribution in [2.75, 3.05) is 13.1 Å². The molecule has 0 aromatic heterocycles. The summed E-state index contributed by atoms with van der Waals surface area (Å²) < 4.78 is 0.526. The zero-order valence-corrected chi connectivity index (χ0v) is 12.1. The van der Waals surface area contributed by atoms with Crippen LogP contribution in [0.4, 0.5) is 0 Å². The second-order valence-corrected chi connectivity index (χ2v) is 4.98. The van der Waals surface area contributed by atoms with Crippen LogP contribution in [0.1, 0.15) is 10.4 Å². The van der Waals surface area contributed by atoms with Crippen molar-refractivity contribution in [3.8, 4) is 0 Å². The van der Waals surface area contributed by atoms with Gasteiger partial charge in [-0.25, -0.2) is 0 Å². The Morgan fingerprint density at radius 2 is 1.68 bits per heavy atom. The van der Waals surface area contributed by atoms with Crippen molar-refractivity contribution >= 4 is 45.3 Å². The molecule has 1 aromatic carbocycles. The van der Waals surface area contributed by atoms with Gasteiger partial charge in [-0.15, -0.1) is 0 Å². The van der Waals surface area contributed by atoms with Gasteiger partial charge in [0.15, 0.2) is 0 Å². The van der Waals surface area contributed by atoms with Gasteiger partial charge < -0.3 is 16.4 Å². The summed E-state index contributed by atoms with van der Waals surface area (Å²) in [5.41, 5.74) is 10.3. The van der Waals surface area contributed by atoms with Crippen LogP contribution in [-0.4, -0.2) is 35.7 Å². The van der Waals surface area contributed by atoms with Crippen LogP contribution in [0, 0.1) is 0 Å². The fourth-order valence-corrected chi connectivity index (χ4v) is 1.88. The summed E-state index contributed by atoms with van der Waals surface area (Å²) in [5.74, 6) is -2.00. The van der Waals surface area contributed by atoms with E-state index in [0.29, 0.717) is 9.50 Å². The molecule has 0 aliphatic rings. The first-order valence-electron chi connectivity index (χ1n) is 5.12. The van der Waals surface area contributed by atoms with Crippen molar-refractivity contribution in [2.45, 2.75) is 0 Å². The third kappa shape index (κ3) is 4.53. The molecule has 0 saturated carbocycles. The minimum atomic E-state index is -0.734. The molecular weight excluding hydrogens is 337 g/mol. The van der Waals surface area contributed by atoms with E-state index in [1.807, 2.05) is 0 Å². The zero-order valence-electron chi connectivity index (χ0n) is 9.73. The summed E-state index contributed by atoms with van der Waals surface area (Å²) in [7, 11) is 0. The number of amides is 3. The number of hydrogen-bond donors (Lipinski definition) is 2. The van der Waals surface area contributed by atoms with Crippen molar-refractivity contribution in [3.05, 3.63) is 33.3 Å². The van der Waals surface area contributed by atoms with Gasteiger partial charge in [-0.1, -0.05) is 11.6 Å². The summed E-state index contributed by atoms with van der Waals surface area (Å²) >= 11 is 8.99. The first-order valence-corrected chi connectivity index (χ1v) is 6.29. The lowest BCUT2D eigenvalue weighted by Crippen LogP contribution is -2.43. The van der Waals surface area contributed by atoms with E-state index in [-0.39, 0.29) is 18.7 Å². The largest absolute Gasteiger partial charge is 0.368 e. The van der Waals surface area contributed by atoms with Crippen LogP contribution in [-0.2, 0) is 9.59 Å². The van der Waals surface area contributed by atoms with E-state index < -0.39 is 17.7 Å². The highest BCUT2D eigenvalue weighted by Crippen LogP contribution is 2.23. The minimum Gasteiger partial charge on any atom is -0.368 e. The van der Waals surface area contributed by atoms with Crippen LogP contribution >= 0.6 is 27.5 Å². The van der Waals surface area contributed by atoms with Gasteiger partial charge in [0.05, 0.1) is 5.02 Å². The standard InChI is InChI=1S/C11H11BrClN3O3/c12-7-3-6(1-2-8(7)13)11(19)16(4-9(14)17)5-10(15)18/h1-3H,4-5H2,(H2,14,17)(H2,15,18). The SMILES string of the molecule is NC(=O)CN(CC(N)=O)C(=O)c1ccc(Cl)c(Br)c1. The van der Waals surface area contributed by atoms with E-state index in [2.05, 4.69) is 15.9 Å². The van der Waals surface area contributed by atoms with E-state index in [1.165, 1.54) is 18.2 Å². The Morgan fingerprint density at radius 3 is 2.11 bits per heavy atom. The summed E-state index contributed by atoms with van der Waals surface area (Å²) in [5, 5.41) is 0.438. The topological polar surface area (TPSA) is 106 Å². The molecule has 1 rings (SSSR count). The number of carbonyl (C=O) groups excluding carboxylic acids is 3. The van der Waals surface area contributed by atoms with Crippen molar-refractivity contribution in [3.63, 3.8) is 0 Å². The number of primary amides is 2. The molecule has 6 nitrogen and oxygen atoms in total. The van der Waals surface area contributed by atoms with E-state index >= 15 is 0 Å². The van der Waals surface area contributed by atoms with E-state index in [4.69, 9.17) is 23.1 Å². The molecule has 0 aliphatic heterocycles. The van der Waals surface area contributed by atoms with E-state index in [1.54, 1.807) is 0 Å². The summed E-state index contributed by atoms with van der Waals surface area (Å²) in [6, 6.07) is 4.48. The first-order chi connectivity index (χ1) is 8.81. The highest BCUT2D eigenvalue weighted by Gasteiger charge is 2.20. The summed E-state index contributed by atoms with van der Waals surface area (Å²) in [6.45, 7) is -0.774. The lowest BCUT2D eigenvalue weighted by atomic mass is 10.2. The van der Waals surface area contributed by atoms with Crippen LogP contribution in [0.25, 0.3) is 0 Å². The van der Waals surface area contributed by atoms with Crippen LogP contribution < -0.4 is 11.5 Å². The van der Waals surface area contributed by atoms with E-state index in [9.17, 15) is 14.4 Å². The zero-order chi connectivity index (χ0) is 14.6. The number of rotatable bonds is 5. The van der Waals surface area contributed by atoms with Crippen molar-refractivity contribution in [1.82, 2.24) is 4.90 Å². The van der Waals surface area contributed by atoms with Gasteiger partial charge >= 0.3 is 0 Å². The molecule has 102 valence electrons. The number of benzene rings is 1. The average Bonchev–Trinajstić information content (AvgIpc) is 2.29. The molecule has 0 atom stereocenters. The maximum absolute atomic E-state index is 12.1. The van der Waals surface area contributed by atoms with Gasteiger partial charge in [0.2, 0.25) is 11.8 Å². The Bertz CT molecular complexity index is 520. The number of carbonyl (C=O) groups is 3. The summed E-state index contributed by atoms with van der Waals surface area (Å²) in [4.78, 5) is 34.9. The highest BCUT2D eigenvalue weighted by molar-refractivity contribution is 9.10. The molecule has 0 fully saturated rings. The van der Waals surface area contributed by atoms with Crippen LogP contribution in [0.2, 0.25) is 5.02 Å². The lowest BCUT2D eigenvalue weighted by molar-refractivity contribution is -0.121. The third-order valence-corrected chi connectivity index (χ3v) is 3.36. The van der Waals surface area contributed by atoms with Gasteiger partial charge in [0.25, 0.3) is 5.91 Å². The first kappa shape index (κ1) is 15.5. The van der Waals surface area contributed by atoms with Crippen molar-refractivity contribution in [2.24, 2.45) is 11.5 Å². The molecule has 0 saturated heterocycles. The minimum absolute atomic E-state index is 0.263. The number of halogens is 2. The highest BCUT2D eigenvalue weighted by atomic mass is 79.9. The molecule has 0 aliphatic carbocycles. The monoisotopic (exact) mass is 347 g/mol. The molecule has 3 amide bonds. The van der Waals surface area contributed by atoms with Crippen LogP contribution in [0.3, 0.4) is 0 Å². The smallest absolute Gasteiger partial charge is 0.254 e. The van der Waals surface area contributed by atoms with Crippen LogP contribution in [0.15, 0.2) is 22.7 Å². The molecule has 0 spiro atoms. The second-order valence-electron chi connectivity index (χ2n) is 3.72. The molecule has 0 heterocycles. The molecule has 0 bridgehead atoms. The molecule has 0 unspecified atom stereocenters. The Labute approximate surface area is 122 Å². The summed E-state index contributed by atoms with van der Waals surface area (Å²) in [6.07, 6.45) is 0. The fourth-order valence-electron chi connectivity index (χ4n) is 1.39. The lowest BCUT2D eigenvalue weighted by Gasteiger charge is -2.19. The third-order valence-electron chi connectivity index (χ3n) is 2.15. The van der Waals surface area contributed by atoms with Gasteiger partial charge in [0.1, 0.15) is 13.1 Å². The maximum Gasteiger partial charge on any atom is 0.254 e. The molecular formula is C11H11BrClN3O3. The Hall–Kier alpha value is -1.60. The van der Waals surface area contributed by atoms with Crippen molar-refractivity contribution < 1.29 is 14.4 Å². The predicted octanol–water partition coefficient (Wildman–Crippen LogP) is 0.515. The van der Waals surface area contributed by atoms with Crippen LogP contribution in [0.5, 0.6) is 0 Å². The number of hydrogen-bond acceptors (Lipinski definition) is 3. The normalized spacial score (nSPS) is 10.0. The van der Waals surface area contributed by atoms with Crippen molar-refractivity contribution in [1.29, 1.82) is 0 Å². The van der Waals surface area contributed by atoms with E-state index in [0.717, 1.165) is 4.90 Å². The Balaban J connectivity index is 3.00. The molecule has 0 radical (unpaired) electrons. The molecule has 19 heavy (non-hydrogen) atoms. The number of nitrogens with two attached hydrogens (primary N) is 2. The predicted molar refractivity (Wildman–Crippen MR) is 73.4 cm³/mol.